The third-order valence-electron chi connectivity index (χ3n) is 2.52. The SMILES string of the molecule is NC(C(=O)O)c1cccc2c([N+](=O)[O-])c[nH]c12. The van der Waals surface area contributed by atoms with Crippen LogP contribution in [-0.2, 0) is 4.79 Å². The summed E-state index contributed by atoms with van der Waals surface area (Å²) in [7, 11) is 0. The normalized spacial score (nSPS) is 12.5. The summed E-state index contributed by atoms with van der Waals surface area (Å²) < 4.78 is 0. The fraction of sp³-hybridized carbons (Fsp3) is 0.100. The number of H-pyrrole nitrogens is 1. The number of hydrogen-bond donors (Lipinski definition) is 3. The second-order valence-electron chi connectivity index (χ2n) is 3.52. The maximum absolute atomic E-state index is 10.8. The first kappa shape index (κ1) is 11.1. The maximum Gasteiger partial charge on any atom is 0.325 e. The summed E-state index contributed by atoms with van der Waals surface area (Å²) in [5.41, 5.74) is 6.11. The number of carbonyl (C=O) groups is 1. The number of carboxylic acids is 1. The van der Waals surface area contributed by atoms with E-state index in [1.807, 2.05) is 0 Å². The fourth-order valence-electron chi connectivity index (χ4n) is 1.71. The van der Waals surface area contributed by atoms with Gasteiger partial charge in [0.2, 0.25) is 0 Å². The second-order valence-corrected chi connectivity index (χ2v) is 3.52. The van der Waals surface area contributed by atoms with E-state index < -0.39 is 16.9 Å². The summed E-state index contributed by atoms with van der Waals surface area (Å²) in [4.78, 5) is 23.7. The monoisotopic (exact) mass is 235 g/mol. The highest BCUT2D eigenvalue weighted by atomic mass is 16.6. The lowest BCUT2D eigenvalue weighted by molar-refractivity contribution is -0.383. The largest absolute Gasteiger partial charge is 0.480 e. The van der Waals surface area contributed by atoms with Gasteiger partial charge in [0.25, 0.3) is 5.69 Å². The lowest BCUT2D eigenvalue weighted by atomic mass is 10.0. The molecular weight excluding hydrogens is 226 g/mol. The van der Waals surface area contributed by atoms with Crippen LogP contribution in [0.5, 0.6) is 0 Å². The number of carboxylic acid groups (broad SMARTS) is 1. The molecule has 88 valence electrons. The van der Waals surface area contributed by atoms with Gasteiger partial charge >= 0.3 is 5.97 Å². The second kappa shape index (κ2) is 3.87. The van der Waals surface area contributed by atoms with Crippen LogP contribution in [-0.4, -0.2) is 21.0 Å². The number of para-hydroxylation sites is 1. The van der Waals surface area contributed by atoms with Crippen LogP contribution in [0.15, 0.2) is 24.4 Å². The van der Waals surface area contributed by atoms with E-state index in [2.05, 4.69) is 4.98 Å². The molecule has 1 unspecified atom stereocenters. The third kappa shape index (κ3) is 1.72. The minimum Gasteiger partial charge on any atom is -0.480 e. The topological polar surface area (TPSA) is 122 Å². The number of hydrogen-bond acceptors (Lipinski definition) is 4. The lowest BCUT2D eigenvalue weighted by Gasteiger charge is -2.07. The Kier molecular flexibility index (Phi) is 2.52. The Bertz CT molecular complexity index is 605. The molecule has 0 fully saturated rings. The standard InChI is InChI=1S/C10H9N3O4/c11-8(10(14)15)6-3-1-2-5-7(13(16)17)4-12-9(5)6/h1-4,8,12H,11H2,(H,14,15). The van der Waals surface area contributed by atoms with Gasteiger partial charge in [0.1, 0.15) is 6.04 Å². The molecule has 0 bridgehead atoms. The quantitative estimate of drug-likeness (QED) is 0.544. The van der Waals surface area contributed by atoms with Gasteiger partial charge in [-0.05, 0) is 6.07 Å². The van der Waals surface area contributed by atoms with E-state index in [4.69, 9.17) is 10.8 Å². The Morgan fingerprint density at radius 2 is 2.24 bits per heavy atom. The molecule has 0 radical (unpaired) electrons. The zero-order valence-corrected chi connectivity index (χ0v) is 8.58. The Labute approximate surface area is 95.0 Å². The number of aliphatic carboxylic acids is 1. The van der Waals surface area contributed by atoms with Crippen molar-refractivity contribution < 1.29 is 14.8 Å². The van der Waals surface area contributed by atoms with Crippen molar-refractivity contribution in [1.29, 1.82) is 0 Å². The molecule has 0 aliphatic heterocycles. The molecular formula is C10H9N3O4. The number of rotatable bonds is 3. The van der Waals surface area contributed by atoms with Gasteiger partial charge in [0, 0.05) is 5.56 Å². The van der Waals surface area contributed by atoms with Crippen LogP contribution in [0.1, 0.15) is 11.6 Å². The maximum atomic E-state index is 10.8. The molecule has 0 amide bonds. The van der Waals surface area contributed by atoms with Crippen LogP contribution in [0, 0.1) is 10.1 Å². The van der Waals surface area contributed by atoms with Crippen molar-refractivity contribution in [1.82, 2.24) is 4.98 Å². The highest BCUT2D eigenvalue weighted by Crippen LogP contribution is 2.29. The van der Waals surface area contributed by atoms with Crippen molar-refractivity contribution in [2.45, 2.75) is 6.04 Å². The Hall–Kier alpha value is -2.41. The average Bonchev–Trinajstić information content (AvgIpc) is 2.71. The van der Waals surface area contributed by atoms with Crippen LogP contribution in [0.25, 0.3) is 10.9 Å². The number of nitrogens with two attached hydrogens (primary N) is 1. The Balaban J connectivity index is 2.67. The van der Waals surface area contributed by atoms with Gasteiger partial charge in [-0.2, -0.15) is 0 Å². The first-order valence-corrected chi connectivity index (χ1v) is 4.75. The first-order chi connectivity index (χ1) is 8.02. The van der Waals surface area contributed by atoms with Crippen molar-refractivity contribution in [3.63, 3.8) is 0 Å². The van der Waals surface area contributed by atoms with Gasteiger partial charge in [-0.25, -0.2) is 0 Å². The van der Waals surface area contributed by atoms with Crippen molar-refractivity contribution in [2.24, 2.45) is 5.73 Å². The predicted octanol–water partition coefficient (Wildman–Crippen LogP) is 1.16. The summed E-state index contributed by atoms with van der Waals surface area (Å²) >= 11 is 0. The zero-order valence-electron chi connectivity index (χ0n) is 8.58. The van der Waals surface area contributed by atoms with Crippen LogP contribution < -0.4 is 5.73 Å². The van der Waals surface area contributed by atoms with Gasteiger partial charge in [-0.1, -0.05) is 12.1 Å². The average molecular weight is 235 g/mol. The minimum absolute atomic E-state index is 0.0977. The van der Waals surface area contributed by atoms with Crippen molar-refractivity contribution >= 4 is 22.6 Å². The fourth-order valence-corrected chi connectivity index (χ4v) is 1.71. The van der Waals surface area contributed by atoms with Crippen molar-refractivity contribution in [3.05, 3.63) is 40.1 Å². The molecule has 2 rings (SSSR count). The molecule has 0 spiro atoms. The molecule has 0 aliphatic rings. The van der Waals surface area contributed by atoms with Crippen LogP contribution in [0.3, 0.4) is 0 Å². The molecule has 0 aliphatic carbocycles. The molecule has 1 aromatic carbocycles. The number of nitrogens with zero attached hydrogens (tertiary/aromatic N) is 1. The minimum atomic E-state index is -1.21. The molecule has 1 heterocycles. The van der Waals surface area contributed by atoms with E-state index in [9.17, 15) is 14.9 Å². The summed E-state index contributed by atoms with van der Waals surface area (Å²) in [6, 6.07) is 3.40. The molecule has 7 nitrogen and oxygen atoms in total. The number of fused-ring (bicyclic) bond motifs is 1. The van der Waals surface area contributed by atoms with E-state index in [0.717, 1.165) is 0 Å². The van der Waals surface area contributed by atoms with Gasteiger partial charge in [0.05, 0.1) is 22.0 Å². The van der Waals surface area contributed by atoms with E-state index in [1.54, 1.807) is 12.1 Å². The first-order valence-electron chi connectivity index (χ1n) is 4.75. The number of nitrogens with one attached hydrogen (secondary N) is 1. The number of nitro groups is 1. The molecule has 0 saturated carbocycles. The smallest absolute Gasteiger partial charge is 0.325 e. The molecule has 7 heteroatoms. The molecule has 1 atom stereocenters. The molecule has 4 N–H and O–H groups in total. The Morgan fingerprint density at radius 3 is 2.82 bits per heavy atom. The van der Waals surface area contributed by atoms with E-state index in [-0.39, 0.29) is 5.69 Å². The van der Waals surface area contributed by atoms with Crippen molar-refractivity contribution in [2.75, 3.05) is 0 Å². The van der Waals surface area contributed by atoms with Gasteiger partial charge < -0.3 is 15.8 Å². The van der Waals surface area contributed by atoms with Crippen molar-refractivity contribution in [3.8, 4) is 0 Å². The van der Waals surface area contributed by atoms with Crippen LogP contribution >= 0.6 is 0 Å². The highest BCUT2D eigenvalue weighted by molar-refractivity contribution is 5.94. The lowest BCUT2D eigenvalue weighted by Crippen LogP contribution is -2.20. The summed E-state index contributed by atoms with van der Waals surface area (Å²) in [6.45, 7) is 0. The predicted molar refractivity (Wildman–Crippen MR) is 59.5 cm³/mol. The summed E-state index contributed by atoms with van der Waals surface area (Å²) in [5.74, 6) is -1.19. The van der Waals surface area contributed by atoms with Crippen LogP contribution in [0.4, 0.5) is 5.69 Å². The van der Waals surface area contributed by atoms with E-state index >= 15 is 0 Å². The molecule has 2 aromatic rings. The third-order valence-corrected chi connectivity index (χ3v) is 2.52. The highest BCUT2D eigenvalue weighted by Gasteiger charge is 2.21. The summed E-state index contributed by atoms with van der Waals surface area (Å²) in [6.07, 6.45) is 1.22. The van der Waals surface area contributed by atoms with E-state index in [0.29, 0.717) is 16.5 Å². The number of aromatic nitrogens is 1. The van der Waals surface area contributed by atoms with Gasteiger partial charge in [-0.3, -0.25) is 14.9 Å². The zero-order chi connectivity index (χ0) is 12.6. The van der Waals surface area contributed by atoms with E-state index in [1.165, 1.54) is 12.3 Å². The molecule has 17 heavy (non-hydrogen) atoms. The Morgan fingerprint density at radius 1 is 1.53 bits per heavy atom. The molecule has 1 aromatic heterocycles. The summed E-state index contributed by atoms with van der Waals surface area (Å²) in [5, 5.41) is 19.9. The van der Waals surface area contributed by atoms with Gasteiger partial charge in [0.15, 0.2) is 0 Å². The van der Waals surface area contributed by atoms with Gasteiger partial charge in [-0.15, -0.1) is 0 Å². The van der Waals surface area contributed by atoms with Crippen LogP contribution in [0.2, 0.25) is 0 Å². The number of aromatic amines is 1. The molecule has 0 saturated heterocycles. The number of benzene rings is 1.